The lowest BCUT2D eigenvalue weighted by molar-refractivity contribution is -0.138. The van der Waals surface area contributed by atoms with Crippen molar-refractivity contribution in [2.24, 2.45) is 0 Å². The number of morpholine rings is 1. The molecule has 1 rings (SSSR count). The standard InChI is InChI=1S/C11H20N2O5/c1-9-8-13(4-7-18-9)11(16)12-3-6-17-5-2-10(14)15/h9H,2-8H2,1H3,(H,12,16)(H,14,15). The Morgan fingerprint density at radius 1 is 1.50 bits per heavy atom. The summed E-state index contributed by atoms with van der Waals surface area (Å²) in [6.45, 7) is 4.53. The Morgan fingerprint density at radius 3 is 2.94 bits per heavy atom. The maximum atomic E-state index is 11.7. The molecule has 0 aliphatic carbocycles. The zero-order valence-electron chi connectivity index (χ0n) is 10.6. The first kappa shape index (κ1) is 14.7. The van der Waals surface area contributed by atoms with Crippen molar-refractivity contribution in [2.75, 3.05) is 39.5 Å². The van der Waals surface area contributed by atoms with Crippen molar-refractivity contribution in [3.05, 3.63) is 0 Å². The molecule has 1 fully saturated rings. The van der Waals surface area contributed by atoms with Crippen molar-refractivity contribution >= 4 is 12.0 Å². The van der Waals surface area contributed by atoms with Gasteiger partial charge in [-0.1, -0.05) is 0 Å². The van der Waals surface area contributed by atoms with Gasteiger partial charge in [-0.2, -0.15) is 0 Å². The maximum Gasteiger partial charge on any atom is 0.317 e. The Labute approximate surface area is 106 Å². The molecular weight excluding hydrogens is 240 g/mol. The van der Waals surface area contributed by atoms with Gasteiger partial charge in [0.2, 0.25) is 0 Å². The van der Waals surface area contributed by atoms with Gasteiger partial charge in [0.1, 0.15) is 0 Å². The number of rotatable bonds is 6. The Balaban J connectivity index is 2.04. The lowest BCUT2D eigenvalue weighted by Crippen LogP contribution is -2.49. The van der Waals surface area contributed by atoms with Gasteiger partial charge < -0.3 is 24.8 Å². The molecule has 0 radical (unpaired) electrons. The van der Waals surface area contributed by atoms with Gasteiger partial charge in [-0.25, -0.2) is 4.79 Å². The minimum absolute atomic E-state index is 0.0189. The molecule has 0 bridgehead atoms. The number of hydrogen-bond donors (Lipinski definition) is 2. The molecule has 1 atom stereocenters. The molecule has 0 aromatic rings. The number of urea groups is 1. The summed E-state index contributed by atoms with van der Waals surface area (Å²) in [5.41, 5.74) is 0. The molecule has 0 aromatic carbocycles. The van der Waals surface area contributed by atoms with Crippen LogP contribution < -0.4 is 5.32 Å². The summed E-state index contributed by atoms with van der Waals surface area (Å²) in [5.74, 6) is -0.888. The Morgan fingerprint density at radius 2 is 2.28 bits per heavy atom. The van der Waals surface area contributed by atoms with Crippen LogP contribution in [-0.4, -0.2) is 67.6 Å². The van der Waals surface area contributed by atoms with E-state index in [0.29, 0.717) is 32.8 Å². The number of carbonyl (C=O) groups is 2. The zero-order valence-corrected chi connectivity index (χ0v) is 10.6. The smallest absolute Gasteiger partial charge is 0.317 e. The van der Waals surface area contributed by atoms with Crippen molar-refractivity contribution in [1.29, 1.82) is 0 Å². The van der Waals surface area contributed by atoms with Crippen LogP contribution in [0.4, 0.5) is 4.79 Å². The number of aliphatic carboxylic acids is 1. The number of amides is 2. The van der Waals surface area contributed by atoms with E-state index in [2.05, 4.69) is 5.32 Å². The highest BCUT2D eigenvalue weighted by molar-refractivity contribution is 5.74. The molecule has 7 nitrogen and oxygen atoms in total. The summed E-state index contributed by atoms with van der Waals surface area (Å²) in [7, 11) is 0. The van der Waals surface area contributed by atoms with Crippen molar-refractivity contribution in [2.45, 2.75) is 19.4 Å². The molecule has 2 N–H and O–H groups in total. The van der Waals surface area contributed by atoms with Crippen molar-refractivity contribution < 1.29 is 24.2 Å². The highest BCUT2D eigenvalue weighted by atomic mass is 16.5. The highest BCUT2D eigenvalue weighted by Crippen LogP contribution is 2.03. The molecule has 1 heterocycles. The topological polar surface area (TPSA) is 88.1 Å². The lowest BCUT2D eigenvalue weighted by atomic mass is 10.3. The van der Waals surface area contributed by atoms with E-state index in [1.54, 1.807) is 4.90 Å². The van der Waals surface area contributed by atoms with Crippen LogP contribution in [0.1, 0.15) is 13.3 Å². The van der Waals surface area contributed by atoms with Crippen LogP contribution in [0, 0.1) is 0 Å². The van der Waals surface area contributed by atoms with Gasteiger partial charge in [-0.05, 0) is 6.92 Å². The van der Waals surface area contributed by atoms with E-state index in [9.17, 15) is 9.59 Å². The summed E-state index contributed by atoms with van der Waals surface area (Å²) in [5, 5.41) is 11.1. The third kappa shape index (κ3) is 5.83. The normalized spacial score (nSPS) is 19.6. The molecule has 104 valence electrons. The molecule has 1 aliphatic heterocycles. The molecule has 1 unspecified atom stereocenters. The third-order valence-electron chi connectivity index (χ3n) is 2.51. The Kier molecular flexibility index (Phi) is 6.45. The van der Waals surface area contributed by atoms with Crippen LogP contribution in [0.3, 0.4) is 0 Å². The maximum absolute atomic E-state index is 11.7. The molecule has 1 aliphatic rings. The molecule has 7 heteroatoms. The molecule has 1 saturated heterocycles. The quantitative estimate of drug-likeness (QED) is 0.651. The number of nitrogens with one attached hydrogen (secondary N) is 1. The highest BCUT2D eigenvalue weighted by Gasteiger charge is 2.20. The predicted octanol–water partition coefficient (Wildman–Crippen LogP) is -0.0920. The van der Waals surface area contributed by atoms with E-state index in [1.165, 1.54) is 0 Å². The van der Waals surface area contributed by atoms with Crippen LogP contribution in [-0.2, 0) is 14.3 Å². The number of nitrogens with zero attached hydrogens (tertiary/aromatic N) is 1. The second-order valence-corrected chi connectivity index (χ2v) is 4.12. The SMILES string of the molecule is CC1CN(C(=O)NCCOCCC(=O)O)CCO1. The number of ether oxygens (including phenoxy) is 2. The van der Waals surface area contributed by atoms with Crippen LogP contribution in [0.25, 0.3) is 0 Å². The second-order valence-electron chi connectivity index (χ2n) is 4.12. The van der Waals surface area contributed by atoms with Crippen molar-refractivity contribution in [1.82, 2.24) is 10.2 Å². The van der Waals surface area contributed by atoms with E-state index in [-0.39, 0.29) is 25.2 Å². The van der Waals surface area contributed by atoms with Gasteiger partial charge in [-0.15, -0.1) is 0 Å². The summed E-state index contributed by atoms with van der Waals surface area (Å²) in [6.07, 6.45) is 0.0471. The fourth-order valence-corrected chi connectivity index (χ4v) is 1.61. The second kappa shape index (κ2) is 7.88. The van der Waals surface area contributed by atoms with Crippen LogP contribution in [0.5, 0.6) is 0 Å². The molecule has 0 saturated carbocycles. The number of carboxylic acids is 1. The average Bonchev–Trinajstić information content (AvgIpc) is 2.33. The van der Waals surface area contributed by atoms with Crippen molar-refractivity contribution in [3.63, 3.8) is 0 Å². The minimum atomic E-state index is -0.888. The zero-order chi connectivity index (χ0) is 13.4. The van der Waals surface area contributed by atoms with E-state index < -0.39 is 5.97 Å². The summed E-state index contributed by atoms with van der Waals surface area (Å²) >= 11 is 0. The van der Waals surface area contributed by atoms with Crippen LogP contribution in [0.2, 0.25) is 0 Å². The molecule has 0 aromatic heterocycles. The Bertz CT molecular complexity index is 285. The fourth-order valence-electron chi connectivity index (χ4n) is 1.61. The number of carbonyl (C=O) groups excluding carboxylic acids is 1. The average molecular weight is 260 g/mol. The van der Waals surface area contributed by atoms with Gasteiger partial charge in [0, 0.05) is 19.6 Å². The summed E-state index contributed by atoms with van der Waals surface area (Å²) < 4.78 is 10.4. The lowest BCUT2D eigenvalue weighted by Gasteiger charge is -2.31. The van der Waals surface area contributed by atoms with E-state index in [0.717, 1.165) is 0 Å². The largest absolute Gasteiger partial charge is 0.481 e. The van der Waals surface area contributed by atoms with Gasteiger partial charge in [-0.3, -0.25) is 4.79 Å². The van der Waals surface area contributed by atoms with Gasteiger partial charge in [0.15, 0.2) is 0 Å². The van der Waals surface area contributed by atoms with E-state index >= 15 is 0 Å². The van der Waals surface area contributed by atoms with E-state index in [1.807, 2.05) is 6.92 Å². The van der Waals surface area contributed by atoms with Crippen LogP contribution in [0.15, 0.2) is 0 Å². The first-order chi connectivity index (χ1) is 8.59. The number of hydrogen-bond acceptors (Lipinski definition) is 4. The first-order valence-corrected chi connectivity index (χ1v) is 6.03. The summed E-state index contributed by atoms with van der Waals surface area (Å²) in [6, 6.07) is -0.132. The van der Waals surface area contributed by atoms with E-state index in [4.69, 9.17) is 14.6 Å². The molecule has 18 heavy (non-hydrogen) atoms. The van der Waals surface area contributed by atoms with Crippen LogP contribution >= 0.6 is 0 Å². The monoisotopic (exact) mass is 260 g/mol. The molecule has 0 spiro atoms. The number of carboxylic acid groups (broad SMARTS) is 1. The Hall–Kier alpha value is -1.34. The molecular formula is C11H20N2O5. The minimum Gasteiger partial charge on any atom is -0.481 e. The van der Waals surface area contributed by atoms with Gasteiger partial charge >= 0.3 is 12.0 Å². The predicted molar refractivity (Wildman–Crippen MR) is 63.5 cm³/mol. The van der Waals surface area contributed by atoms with Crippen molar-refractivity contribution in [3.8, 4) is 0 Å². The van der Waals surface area contributed by atoms with Gasteiger partial charge in [0.25, 0.3) is 0 Å². The third-order valence-corrected chi connectivity index (χ3v) is 2.51. The summed E-state index contributed by atoms with van der Waals surface area (Å²) in [4.78, 5) is 23.6. The van der Waals surface area contributed by atoms with Gasteiger partial charge in [0.05, 0.1) is 32.3 Å². The fraction of sp³-hybridized carbons (Fsp3) is 0.818. The molecule has 2 amide bonds. The first-order valence-electron chi connectivity index (χ1n) is 6.03.